The number of hydrogen-bond donors (Lipinski definition) is 1. The van der Waals surface area contributed by atoms with Crippen molar-refractivity contribution in [1.82, 2.24) is 9.97 Å². The summed E-state index contributed by atoms with van der Waals surface area (Å²) in [6.07, 6.45) is 3.21. The van der Waals surface area contributed by atoms with Gasteiger partial charge in [-0.2, -0.15) is 0 Å². The van der Waals surface area contributed by atoms with Crippen LogP contribution in [0.1, 0.15) is 10.5 Å². The van der Waals surface area contributed by atoms with Crippen LogP contribution in [0.4, 0.5) is 5.69 Å². The topological polar surface area (TPSA) is 66.1 Å². The van der Waals surface area contributed by atoms with Gasteiger partial charge in [0.05, 0.1) is 0 Å². The van der Waals surface area contributed by atoms with Crippen LogP contribution >= 0.6 is 0 Å². The Labute approximate surface area is 97.7 Å². The molecule has 0 spiro atoms. The van der Waals surface area contributed by atoms with Gasteiger partial charge in [-0.15, -0.1) is 0 Å². The molecule has 1 N–H and O–H groups in total. The molecule has 1 amide bonds. The summed E-state index contributed by atoms with van der Waals surface area (Å²) in [7, 11) is 1.64. The molecule has 0 unspecified atom stereocenters. The predicted octanol–water partition coefficient (Wildman–Crippen LogP) is 1.05. The summed E-state index contributed by atoms with van der Waals surface area (Å²) in [6, 6.07) is 7.93. The van der Waals surface area contributed by atoms with Crippen LogP contribution in [0.15, 0.2) is 47.5 Å². The molecule has 0 bridgehead atoms. The summed E-state index contributed by atoms with van der Waals surface area (Å²) in [4.78, 5) is 31.0. The lowest BCUT2D eigenvalue weighted by atomic mass is 10.3. The maximum atomic E-state index is 12.0. The summed E-state index contributed by atoms with van der Waals surface area (Å²) >= 11 is 0. The number of carbonyl (C=O) groups is 1. The van der Waals surface area contributed by atoms with Gasteiger partial charge in [-0.3, -0.25) is 14.6 Å². The first-order valence-electron chi connectivity index (χ1n) is 5.06. The first-order valence-corrected chi connectivity index (χ1v) is 5.06. The van der Waals surface area contributed by atoms with Crippen LogP contribution in [0.5, 0.6) is 0 Å². The standard InChI is InChI=1S/C12H11N3O2/c1-15(9-5-7-13-8-6-9)12(17)10-3-2-4-11(16)14-10/h2-8H,1H3,(H,14,16). The molecule has 2 heterocycles. The third-order valence-electron chi connectivity index (χ3n) is 2.35. The lowest BCUT2D eigenvalue weighted by molar-refractivity contribution is 0.0988. The fraction of sp³-hybridized carbons (Fsp3) is 0.0833. The van der Waals surface area contributed by atoms with E-state index in [0.29, 0.717) is 0 Å². The average Bonchev–Trinajstić information content (AvgIpc) is 2.38. The van der Waals surface area contributed by atoms with E-state index in [1.165, 1.54) is 11.0 Å². The van der Waals surface area contributed by atoms with Gasteiger partial charge in [0.15, 0.2) is 0 Å². The van der Waals surface area contributed by atoms with Crippen LogP contribution in [0.2, 0.25) is 0 Å². The Balaban J connectivity index is 2.30. The van der Waals surface area contributed by atoms with Crippen molar-refractivity contribution >= 4 is 11.6 Å². The fourth-order valence-electron chi connectivity index (χ4n) is 1.44. The van der Waals surface area contributed by atoms with E-state index in [1.807, 2.05) is 0 Å². The Hall–Kier alpha value is -2.43. The van der Waals surface area contributed by atoms with Crippen molar-refractivity contribution in [3.63, 3.8) is 0 Å². The maximum absolute atomic E-state index is 12.0. The van der Waals surface area contributed by atoms with E-state index in [2.05, 4.69) is 9.97 Å². The number of nitrogens with one attached hydrogen (secondary N) is 1. The lowest BCUT2D eigenvalue weighted by Gasteiger charge is -2.16. The second-order valence-corrected chi connectivity index (χ2v) is 3.50. The van der Waals surface area contributed by atoms with Crippen LogP contribution in [0.25, 0.3) is 0 Å². The van der Waals surface area contributed by atoms with Crippen LogP contribution in [0.3, 0.4) is 0 Å². The fourth-order valence-corrected chi connectivity index (χ4v) is 1.44. The molecule has 2 aromatic rings. The smallest absolute Gasteiger partial charge is 0.274 e. The molecular formula is C12H11N3O2. The largest absolute Gasteiger partial charge is 0.318 e. The number of nitrogens with zero attached hydrogens (tertiary/aromatic N) is 2. The minimum atomic E-state index is -0.293. The van der Waals surface area contributed by atoms with E-state index in [-0.39, 0.29) is 17.2 Å². The van der Waals surface area contributed by atoms with Gasteiger partial charge in [0.1, 0.15) is 5.69 Å². The van der Waals surface area contributed by atoms with Crippen LogP contribution in [-0.2, 0) is 0 Å². The van der Waals surface area contributed by atoms with Crippen molar-refractivity contribution in [2.24, 2.45) is 0 Å². The highest BCUT2D eigenvalue weighted by Crippen LogP contribution is 2.12. The average molecular weight is 229 g/mol. The Morgan fingerprint density at radius 2 is 1.94 bits per heavy atom. The Morgan fingerprint density at radius 3 is 2.59 bits per heavy atom. The zero-order valence-electron chi connectivity index (χ0n) is 9.25. The zero-order chi connectivity index (χ0) is 12.3. The molecule has 0 saturated carbocycles. The molecule has 2 aromatic heterocycles. The number of aromatic nitrogens is 2. The van der Waals surface area contributed by atoms with Gasteiger partial charge < -0.3 is 9.88 Å². The molecule has 0 atom stereocenters. The molecule has 17 heavy (non-hydrogen) atoms. The molecular weight excluding hydrogens is 218 g/mol. The predicted molar refractivity (Wildman–Crippen MR) is 64.0 cm³/mol. The van der Waals surface area contributed by atoms with E-state index in [1.54, 1.807) is 43.7 Å². The number of pyridine rings is 2. The van der Waals surface area contributed by atoms with Crippen molar-refractivity contribution in [3.8, 4) is 0 Å². The molecule has 5 heteroatoms. The van der Waals surface area contributed by atoms with Crippen molar-refractivity contribution in [3.05, 3.63) is 58.8 Å². The summed E-state index contributed by atoms with van der Waals surface area (Å²) in [5.74, 6) is -0.270. The summed E-state index contributed by atoms with van der Waals surface area (Å²) < 4.78 is 0. The van der Waals surface area contributed by atoms with Gasteiger partial charge in [-0.1, -0.05) is 6.07 Å². The highest BCUT2D eigenvalue weighted by atomic mass is 16.2. The number of aromatic amines is 1. The minimum absolute atomic E-state index is 0.261. The first-order chi connectivity index (χ1) is 8.18. The van der Waals surface area contributed by atoms with Crippen molar-refractivity contribution in [2.75, 3.05) is 11.9 Å². The highest BCUT2D eigenvalue weighted by Gasteiger charge is 2.13. The SMILES string of the molecule is CN(C(=O)c1cccc(=O)[nH]1)c1ccncc1. The van der Waals surface area contributed by atoms with Gasteiger partial charge in [-0.25, -0.2) is 0 Å². The van der Waals surface area contributed by atoms with E-state index in [9.17, 15) is 9.59 Å². The number of H-pyrrole nitrogens is 1. The van der Waals surface area contributed by atoms with Crippen molar-refractivity contribution in [1.29, 1.82) is 0 Å². The lowest BCUT2D eigenvalue weighted by Crippen LogP contribution is -2.28. The summed E-state index contributed by atoms with van der Waals surface area (Å²) in [6.45, 7) is 0. The van der Waals surface area contributed by atoms with Crippen molar-refractivity contribution in [2.45, 2.75) is 0 Å². The third-order valence-corrected chi connectivity index (χ3v) is 2.35. The second kappa shape index (κ2) is 4.61. The van der Waals surface area contributed by atoms with E-state index >= 15 is 0 Å². The van der Waals surface area contributed by atoms with Gasteiger partial charge >= 0.3 is 0 Å². The van der Waals surface area contributed by atoms with Crippen LogP contribution in [0, 0.1) is 0 Å². The molecule has 0 aliphatic carbocycles. The number of amides is 1. The van der Waals surface area contributed by atoms with Gasteiger partial charge in [0.2, 0.25) is 5.56 Å². The van der Waals surface area contributed by atoms with Crippen LogP contribution in [-0.4, -0.2) is 22.9 Å². The molecule has 86 valence electrons. The highest BCUT2D eigenvalue weighted by molar-refractivity contribution is 6.04. The molecule has 0 fully saturated rings. The molecule has 0 aromatic carbocycles. The summed E-state index contributed by atoms with van der Waals surface area (Å²) in [5.41, 5.74) is 0.686. The van der Waals surface area contributed by atoms with Crippen molar-refractivity contribution < 1.29 is 4.79 Å². The monoisotopic (exact) mass is 229 g/mol. The molecule has 2 rings (SSSR count). The molecule has 0 aliphatic heterocycles. The normalized spacial score (nSPS) is 9.94. The minimum Gasteiger partial charge on any atom is -0.318 e. The van der Waals surface area contributed by atoms with E-state index in [0.717, 1.165) is 5.69 Å². The number of rotatable bonds is 2. The maximum Gasteiger partial charge on any atom is 0.274 e. The number of hydrogen-bond acceptors (Lipinski definition) is 3. The molecule has 0 aliphatic rings. The first kappa shape index (κ1) is 11.1. The van der Waals surface area contributed by atoms with Gasteiger partial charge in [0, 0.05) is 31.2 Å². The Morgan fingerprint density at radius 1 is 1.24 bits per heavy atom. The second-order valence-electron chi connectivity index (χ2n) is 3.50. The number of anilines is 1. The van der Waals surface area contributed by atoms with Crippen LogP contribution < -0.4 is 10.5 Å². The molecule has 0 saturated heterocycles. The van der Waals surface area contributed by atoms with E-state index in [4.69, 9.17) is 0 Å². The van der Waals surface area contributed by atoms with Gasteiger partial charge in [0.25, 0.3) is 5.91 Å². The van der Waals surface area contributed by atoms with Gasteiger partial charge in [-0.05, 0) is 18.2 Å². The molecule has 5 nitrogen and oxygen atoms in total. The number of carbonyl (C=O) groups excluding carboxylic acids is 1. The summed E-state index contributed by atoms with van der Waals surface area (Å²) in [5, 5.41) is 0. The zero-order valence-corrected chi connectivity index (χ0v) is 9.25. The van der Waals surface area contributed by atoms with E-state index < -0.39 is 0 Å². The molecule has 0 radical (unpaired) electrons. The Bertz CT molecular complexity index is 578. The quantitative estimate of drug-likeness (QED) is 0.836. The third kappa shape index (κ3) is 2.39. The Kier molecular flexibility index (Phi) is 3.00.